The Morgan fingerprint density at radius 2 is 2.21 bits per heavy atom. The van der Waals surface area contributed by atoms with E-state index in [4.69, 9.17) is 4.18 Å². The fourth-order valence-corrected chi connectivity index (χ4v) is 4.48. The molecule has 1 aromatic heterocycles. The lowest BCUT2D eigenvalue weighted by molar-refractivity contribution is -0.0445. The maximum atomic E-state index is 11.0. The first-order chi connectivity index (χ1) is 8.63. The molecule has 1 aliphatic rings. The van der Waals surface area contributed by atoms with E-state index < -0.39 is 16.3 Å². The number of hydrogen-bond acceptors (Lipinski definition) is 6. The third-order valence-electron chi connectivity index (χ3n) is 3.21. The van der Waals surface area contributed by atoms with Crippen molar-refractivity contribution in [2.45, 2.75) is 25.6 Å². The van der Waals surface area contributed by atoms with Gasteiger partial charge < -0.3 is 5.11 Å². The fraction of sp³-hybridized carbons (Fsp3) is 0.636. The molecule has 19 heavy (non-hydrogen) atoms. The molecule has 1 aliphatic heterocycles. The standard InChI is InChI=1S/C11H16BrNO4S2/c1-11(2)9-7(6-8(12)18-9)10(14)13(11)4-5-17-19(3,15)16/h6,10,14H,4-5H2,1-3H3. The Hall–Kier alpha value is 0.01000. The highest BCUT2D eigenvalue weighted by molar-refractivity contribution is 9.11. The number of halogens is 1. The molecule has 2 rings (SSSR count). The summed E-state index contributed by atoms with van der Waals surface area (Å²) in [6.07, 6.45) is 0.294. The van der Waals surface area contributed by atoms with Crippen molar-refractivity contribution in [1.82, 2.24) is 4.90 Å². The maximum Gasteiger partial charge on any atom is 0.264 e. The van der Waals surface area contributed by atoms with Crippen molar-refractivity contribution in [3.8, 4) is 0 Å². The summed E-state index contributed by atoms with van der Waals surface area (Å²) in [6.45, 7) is 4.40. The molecule has 0 spiro atoms. The van der Waals surface area contributed by atoms with E-state index in [2.05, 4.69) is 15.9 Å². The van der Waals surface area contributed by atoms with E-state index in [0.717, 1.165) is 20.5 Å². The highest BCUT2D eigenvalue weighted by Gasteiger charge is 2.44. The molecule has 5 nitrogen and oxygen atoms in total. The topological polar surface area (TPSA) is 66.8 Å². The molecule has 0 amide bonds. The molecular weight excluding hydrogens is 354 g/mol. The summed E-state index contributed by atoms with van der Waals surface area (Å²) in [5.41, 5.74) is 0.535. The van der Waals surface area contributed by atoms with Crippen LogP contribution in [0.25, 0.3) is 0 Å². The van der Waals surface area contributed by atoms with Crippen LogP contribution in [-0.4, -0.2) is 37.8 Å². The van der Waals surface area contributed by atoms with Gasteiger partial charge in [0, 0.05) is 17.0 Å². The van der Waals surface area contributed by atoms with Crippen molar-refractivity contribution >= 4 is 37.4 Å². The third kappa shape index (κ3) is 3.03. The molecule has 0 fully saturated rings. The van der Waals surface area contributed by atoms with Crippen molar-refractivity contribution < 1.29 is 17.7 Å². The van der Waals surface area contributed by atoms with Gasteiger partial charge in [-0.2, -0.15) is 8.42 Å². The quantitative estimate of drug-likeness (QED) is 0.822. The van der Waals surface area contributed by atoms with Crippen LogP contribution in [0.4, 0.5) is 0 Å². The Kier molecular flexibility index (Phi) is 4.12. The lowest BCUT2D eigenvalue weighted by Gasteiger charge is -2.33. The summed E-state index contributed by atoms with van der Waals surface area (Å²) in [5, 5.41) is 10.3. The van der Waals surface area contributed by atoms with Crippen LogP contribution >= 0.6 is 27.3 Å². The first-order valence-corrected chi connectivity index (χ1v) is 9.14. The van der Waals surface area contributed by atoms with Gasteiger partial charge >= 0.3 is 0 Å². The van der Waals surface area contributed by atoms with Gasteiger partial charge in [-0.05, 0) is 35.8 Å². The predicted octanol–water partition coefficient (Wildman–Crippen LogP) is 2.03. The minimum absolute atomic E-state index is 0.0371. The number of hydrogen-bond donors (Lipinski definition) is 1. The number of nitrogens with zero attached hydrogens (tertiary/aromatic N) is 1. The summed E-state index contributed by atoms with van der Waals surface area (Å²) >= 11 is 5.01. The van der Waals surface area contributed by atoms with Crippen molar-refractivity contribution in [3.63, 3.8) is 0 Å². The first kappa shape index (κ1) is 15.4. The number of aliphatic hydroxyl groups excluding tert-OH is 1. The zero-order chi connectivity index (χ0) is 14.4. The second-order valence-electron chi connectivity index (χ2n) is 4.99. The fourth-order valence-electron chi connectivity index (χ4n) is 2.34. The van der Waals surface area contributed by atoms with E-state index in [1.807, 2.05) is 24.8 Å². The van der Waals surface area contributed by atoms with Gasteiger partial charge in [-0.3, -0.25) is 9.08 Å². The molecule has 1 unspecified atom stereocenters. The molecule has 0 saturated heterocycles. The van der Waals surface area contributed by atoms with Crippen LogP contribution < -0.4 is 0 Å². The Labute approximate surface area is 125 Å². The Bertz CT molecular complexity index is 582. The van der Waals surface area contributed by atoms with Gasteiger partial charge in [-0.15, -0.1) is 11.3 Å². The van der Waals surface area contributed by atoms with Gasteiger partial charge in [0.15, 0.2) is 0 Å². The average molecular weight is 370 g/mol. The van der Waals surface area contributed by atoms with Crippen LogP contribution in [0.1, 0.15) is 30.5 Å². The highest BCUT2D eigenvalue weighted by atomic mass is 79.9. The molecule has 8 heteroatoms. The van der Waals surface area contributed by atoms with Gasteiger partial charge in [-0.1, -0.05) is 0 Å². The average Bonchev–Trinajstić information content (AvgIpc) is 2.70. The second-order valence-corrected chi connectivity index (χ2v) is 9.06. The summed E-state index contributed by atoms with van der Waals surface area (Å²) in [6, 6.07) is 1.91. The number of aliphatic hydroxyl groups is 1. The summed E-state index contributed by atoms with van der Waals surface area (Å²) in [7, 11) is -3.44. The molecule has 2 heterocycles. The minimum Gasteiger partial charge on any atom is -0.374 e. The van der Waals surface area contributed by atoms with Crippen LogP contribution in [0.2, 0.25) is 0 Å². The van der Waals surface area contributed by atoms with Crippen LogP contribution in [0.5, 0.6) is 0 Å². The minimum atomic E-state index is -3.44. The van der Waals surface area contributed by atoms with E-state index in [-0.39, 0.29) is 12.1 Å². The zero-order valence-electron chi connectivity index (χ0n) is 10.9. The van der Waals surface area contributed by atoms with Crippen LogP contribution in [-0.2, 0) is 19.8 Å². The molecule has 0 radical (unpaired) electrons. The van der Waals surface area contributed by atoms with Crippen molar-refractivity contribution in [1.29, 1.82) is 0 Å². The summed E-state index contributed by atoms with van der Waals surface area (Å²) in [5.74, 6) is 0. The second kappa shape index (κ2) is 5.09. The Morgan fingerprint density at radius 3 is 2.74 bits per heavy atom. The van der Waals surface area contributed by atoms with Gasteiger partial charge in [0.25, 0.3) is 10.1 Å². The SMILES string of the molecule is CC1(C)c2sc(Br)cc2C(O)N1CCOS(C)(=O)=O. The smallest absolute Gasteiger partial charge is 0.264 e. The van der Waals surface area contributed by atoms with E-state index in [9.17, 15) is 13.5 Å². The molecule has 1 N–H and O–H groups in total. The van der Waals surface area contributed by atoms with Crippen LogP contribution in [0.15, 0.2) is 9.85 Å². The van der Waals surface area contributed by atoms with Crippen LogP contribution in [0.3, 0.4) is 0 Å². The Balaban J connectivity index is 2.14. The van der Waals surface area contributed by atoms with Crippen molar-refractivity contribution in [2.24, 2.45) is 0 Å². The molecule has 0 bridgehead atoms. The molecule has 1 aromatic rings. The maximum absolute atomic E-state index is 11.0. The summed E-state index contributed by atoms with van der Waals surface area (Å²) < 4.78 is 27.6. The molecule has 0 aromatic carbocycles. The monoisotopic (exact) mass is 369 g/mol. The van der Waals surface area contributed by atoms with Gasteiger partial charge in [0.1, 0.15) is 6.23 Å². The molecule has 108 valence electrons. The largest absolute Gasteiger partial charge is 0.374 e. The summed E-state index contributed by atoms with van der Waals surface area (Å²) in [4.78, 5) is 2.93. The lowest BCUT2D eigenvalue weighted by atomic mass is 10.0. The van der Waals surface area contributed by atoms with Crippen molar-refractivity contribution in [3.05, 3.63) is 20.3 Å². The van der Waals surface area contributed by atoms with E-state index in [1.165, 1.54) is 0 Å². The van der Waals surface area contributed by atoms with Crippen LogP contribution in [0, 0.1) is 0 Å². The number of fused-ring (bicyclic) bond motifs is 1. The third-order valence-corrected chi connectivity index (χ3v) is 5.77. The lowest BCUT2D eigenvalue weighted by Crippen LogP contribution is -2.40. The normalized spacial score (nSPS) is 22.7. The molecular formula is C11H16BrNO4S2. The number of thiophene rings is 1. The highest BCUT2D eigenvalue weighted by Crippen LogP contribution is 2.49. The van der Waals surface area contributed by atoms with E-state index >= 15 is 0 Å². The first-order valence-electron chi connectivity index (χ1n) is 5.72. The molecule has 0 saturated carbocycles. The molecule has 1 atom stereocenters. The molecule has 0 aliphatic carbocycles. The zero-order valence-corrected chi connectivity index (χ0v) is 14.1. The van der Waals surface area contributed by atoms with Gasteiger partial charge in [0.05, 0.1) is 22.2 Å². The van der Waals surface area contributed by atoms with E-state index in [1.54, 1.807) is 11.3 Å². The van der Waals surface area contributed by atoms with Gasteiger partial charge in [0.2, 0.25) is 0 Å². The van der Waals surface area contributed by atoms with Crippen molar-refractivity contribution in [2.75, 3.05) is 19.4 Å². The predicted molar refractivity (Wildman–Crippen MR) is 77.5 cm³/mol. The Morgan fingerprint density at radius 1 is 1.58 bits per heavy atom. The number of rotatable bonds is 4. The van der Waals surface area contributed by atoms with E-state index in [0.29, 0.717) is 6.54 Å². The van der Waals surface area contributed by atoms with Gasteiger partial charge in [-0.25, -0.2) is 0 Å².